The predicted molar refractivity (Wildman–Crippen MR) is 109 cm³/mol. The highest BCUT2D eigenvalue weighted by Gasteiger charge is 2.27. The highest BCUT2D eigenvalue weighted by atomic mass is 16.5. The fourth-order valence-corrected chi connectivity index (χ4v) is 3.53. The number of carbonyl (C=O) groups excluding carboxylic acids is 2. The molecule has 2 aromatic rings. The van der Waals surface area contributed by atoms with Gasteiger partial charge in [0.25, 0.3) is 5.91 Å². The number of amides is 2. The number of methoxy groups -OCH3 is 2. The third kappa shape index (κ3) is 5.25. The van der Waals surface area contributed by atoms with E-state index >= 15 is 0 Å². The van der Waals surface area contributed by atoms with Crippen LogP contribution in [-0.2, 0) is 11.2 Å². The van der Waals surface area contributed by atoms with Crippen molar-refractivity contribution in [2.75, 3.05) is 33.9 Å². The minimum atomic E-state index is -0.0571. The van der Waals surface area contributed by atoms with Crippen LogP contribution in [0.3, 0.4) is 0 Å². The van der Waals surface area contributed by atoms with Crippen LogP contribution in [-0.4, -0.2) is 55.6 Å². The standard InChI is InChI=1S/C22H27N3O4/c1-28-19-6-5-16(14-20(19)29-2)7-11-24-21(26)17-8-12-25(13-9-17)22(27)18-4-3-10-23-15-18/h3-6,10,14-15,17H,7-9,11-13H2,1-2H3,(H,24,26). The van der Waals surface area contributed by atoms with Crippen LogP contribution in [0.1, 0.15) is 28.8 Å². The molecule has 1 saturated heterocycles. The van der Waals surface area contributed by atoms with Gasteiger partial charge in [0.05, 0.1) is 19.8 Å². The molecule has 0 atom stereocenters. The summed E-state index contributed by atoms with van der Waals surface area (Å²) < 4.78 is 10.6. The molecule has 0 unspecified atom stereocenters. The van der Waals surface area contributed by atoms with E-state index in [9.17, 15) is 9.59 Å². The first-order valence-corrected chi connectivity index (χ1v) is 9.80. The number of nitrogens with one attached hydrogen (secondary N) is 1. The number of likely N-dealkylation sites (tertiary alicyclic amines) is 1. The molecule has 0 spiro atoms. The lowest BCUT2D eigenvalue weighted by atomic mass is 9.95. The largest absolute Gasteiger partial charge is 0.493 e. The molecule has 1 fully saturated rings. The molecule has 7 heteroatoms. The number of pyridine rings is 1. The summed E-state index contributed by atoms with van der Waals surface area (Å²) in [6, 6.07) is 9.28. The molecule has 1 aliphatic rings. The van der Waals surface area contributed by atoms with Crippen LogP contribution < -0.4 is 14.8 Å². The van der Waals surface area contributed by atoms with Gasteiger partial charge in [0.2, 0.25) is 5.91 Å². The molecule has 154 valence electrons. The van der Waals surface area contributed by atoms with Gasteiger partial charge in [-0.25, -0.2) is 0 Å². The van der Waals surface area contributed by atoms with E-state index in [1.165, 1.54) is 0 Å². The Balaban J connectivity index is 1.44. The lowest BCUT2D eigenvalue weighted by Crippen LogP contribution is -2.43. The summed E-state index contributed by atoms with van der Waals surface area (Å²) in [5.41, 5.74) is 1.66. The molecule has 1 aromatic heterocycles. The Bertz CT molecular complexity index is 833. The van der Waals surface area contributed by atoms with E-state index in [1.807, 2.05) is 18.2 Å². The Morgan fingerprint density at radius 3 is 2.55 bits per heavy atom. The highest BCUT2D eigenvalue weighted by Crippen LogP contribution is 2.27. The normalized spacial score (nSPS) is 14.3. The number of piperidine rings is 1. The smallest absolute Gasteiger partial charge is 0.255 e. The quantitative estimate of drug-likeness (QED) is 0.775. The Morgan fingerprint density at radius 1 is 1.14 bits per heavy atom. The summed E-state index contributed by atoms with van der Waals surface area (Å²) in [7, 11) is 3.21. The van der Waals surface area contributed by atoms with Crippen molar-refractivity contribution >= 4 is 11.8 Å². The van der Waals surface area contributed by atoms with Crippen LogP contribution in [0.4, 0.5) is 0 Å². The fourth-order valence-electron chi connectivity index (χ4n) is 3.53. The second-order valence-electron chi connectivity index (χ2n) is 7.04. The lowest BCUT2D eigenvalue weighted by molar-refractivity contribution is -0.126. The monoisotopic (exact) mass is 397 g/mol. The van der Waals surface area contributed by atoms with E-state index < -0.39 is 0 Å². The van der Waals surface area contributed by atoms with E-state index in [2.05, 4.69) is 10.3 Å². The van der Waals surface area contributed by atoms with Crippen molar-refractivity contribution in [3.05, 3.63) is 53.9 Å². The Labute approximate surface area is 171 Å². The second kappa shape index (κ2) is 9.91. The van der Waals surface area contributed by atoms with E-state index in [0.29, 0.717) is 56.0 Å². The number of rotatable bonds is 7. The molecule has 1 aromatic carbocycles. The van der Waals surface area contributed by atoms with Crippen LogP contribution in [0.2, 0.25) is 0 Å². The Kier molecular flexibility index (Phi) is 7.05. The molecule has 3 rings (SSSR count). The summed E-state index contributed by atoms with van der Waals surface area (Å²) in [5.74, 6) is 1.34. The first kappa shape index (κ1) is 20.6. The van der Waals surface area contributed by atoms with E-state index in [1.54, 1.807) is 43.6 Å². The number of nitrogens with zero attached hydrogens (tertiary/aromatic N) is 2. The number of carbonyl (C=O) groups is 2. The van der Waals surface area contributed by atoms with Crippen molar-refractivity contribution in [1.82, 2.24) is 15.2 Å². The van der Waals surface area contributed by atoms with Gasteiger partial charge in [-0.15, -0.1) is 0 Å². The maximum atomic E-state index is 12.5. The number of hydrogen-bond acceptors (Lipinski definition) is 5. The lowest BCUT2D eigenvalue weighted by Gasteiger charge is -2.31. The third-order valence-electron chi connectivity index (χ3n) is 5.22. The minimum Gasteiger partial charge on any atom is -0.493 e. The van der Waals surface area contributed by atoms with Gasteiger partial charge in [-0.3, -0.25) is 14.6 Å². The number of ether oxygens (including phenoxy) is 2. The third-order valence-corrected chi connectivity index (χ3v) is 5.22. The van der Waals surface area contributed by atoms with Crippen LogP contribution >= 0.6 is 0 Å². The number of hydrogen-bond donors (Lipinski definition) is 1. The highest BCUT2D eigenvalue weighted by molar-refractivity contribution is 5.94. The van der Waals surface area contributed by atoms with Crippen molar-refractivity contribution in [2.45, 2.75) is 19.3 Å². The zero-order valence-corrected chi connectivity index (χ0v) is 16.9. The van der Waals surface area contributed by atoms with E-state index in [4.69, 9.17) is 9.47 Å². The molecular weight excluding hydrogens is 370 g/mol. The summed E-state index contributed by atoms with van der Waals surface area (Å²) in [6.07, 6.45) is 5.29. The van der Waals surface area contributed by atoms with Crippen molar-refractivity contribution in [1.29, 1.82) is 0 Å². The van der Waals surface area contributed by atoms with Crippen LogP contribution in [0.25, 0.3) is 0 Å². The van der Waals surface area contributed by atoms with Crippen molar-refractivity contribution in [2.24, 2.45) is 5.92 Å². The van der Waals surface area contributed by atoms with Crippen LogP contribution in [0.5, 0.6) is 11.5 Å². The maximum absolute atomic E-state index is 12.5. The molecule has 2 amide bonds. The van der Waals surface area contributed by atoms with E-state index in [0.717, 1.165) is 5.56 Å². The second-order valence-corrected chi connectivity index (χ2v) is 7.04. The van der Waals surface area contributed by atoms with Gasteiger partial charge in [-0.2, -0.15) is 0 Å². The molecule has 1 N–H and O–H groups in total. The summed E-state index contributed by atoms with van der Waals surface area (Å²) in [5, 5.41) is 3.02. The van der Waals surface area contributed by atoms with Crippen molar-refractivity contribution < 1.29 is 19.1 Å². The molecule has 29 heavy (non-hydrogen) atoms. The zero-order valence-electron chi connectivity index (χ0n) is 16.9. The minimum absolute atomic E-state index is 0.0228. The summed E-state index contributed by atoms with van der Waals surface area (Å²) >= 11 is 0. The number of aromatic nitrogens is 1. The molecule has 2 heterocycles. The molecule has 0 bridgehead atoms. The maximum Gasteiger partial charge on any atom is 0.255 e. The molecule has 0 radical (unpaired) electrons. The number of benzene rings is 1. The summed E-state index contributed by atoms with van der Waals surface area (Å²) in [4.78, 5) is 30.8. The predicted octanol–water partition coefficient (Wildman–Crippen LogP) is 2.31. The SMILES string of the molecule is COc1ccc(CCNC(=O)C2CCN(C(=O)c3cccnc3)CC2)cc1OC. The average molecular weight is 397 g/mol. The van der Waals surface area contributed by atoms with Gasteiger partial charge < -0.3 is 19.7 Å². The van der Waals surface area contributed by atoms with Crippen LogP contribution in [0.15, 0.2) is 42.7 Å². The molecule has 7 nitrogen and oxygen atoms in total. The Morgan fingerprint density at radius 2 is 1.90 bits per heavy atom. The molecule has 0 aliphatic carbocycles. The Hall–Kier alpha value is -3.09. The van der Waals surface area contributed by atoms with Gasteiger partial charge >= 0.3 is 0 Å². The summed E-state index contributed by atoms with van der Waals surface area (Å²) in [6.45, 7) is 1.73. The van der Waals surface area contributed by atoms with Crippen LogP contribution in [0, 0.1) is 5.92 Å². The van der Waals surface area contributed by atoms with Crippen molar-refractivity contribution in [3.63, 3.8) is 0 Å². The first-order valence-electron chi connectivity index (χ1n) is 9.80. The average Bonchev–Trinajstić information content (AvgIpc) is 2.79. The van der Waals surface area contributed by atoms with Gasteiger partial charge in [0.1, 0.15) is 0 Å². The first-order chi connectivity index (χ1) is 14.1. The topological polar surface area (TPSA) is 80.8 Å². The van der Waals surface area contributed by atoms with Crippen molar-refractivity contribution in [3.8, 4) is 11.5 Å². The molecule has 0 saturated carbocycles. The molecule has 1 aliphatic heterocycles. The van der Waals surface area contributed by atoms with Gasteiger partial charge in [0, 0.05) is 37.9 Å². The molecular formula is C22H27N3O4. The zero-order chi connectivity index (χ0) is 20.6. The van der Waals surface area contributed by atoms with E-state index in [-0.39, 0.29) is 17.7 Å². The van der Waals surface area contributed by atoms with Gasteiger partial charge in [-0.05, 0) is 49.1 Å². The van der Waals surface area contributed by atoms with Gasteiger partial charge in [-0.1, -0.05) is 6.07 Å². The fraction of sp³-hybridized carbons (Fsp3) is 0.409. The van der Waals surface area contributed by atoms with Gasteiger partial charge in [0.15, 0.2) is 11.5 Å².